The van der Waals surface area contributed by atoms with Crippen LogP contribution in [0.5, 0.6) is 0 Å². The van der Waals surface area contributed by atoms with Crippen molar-refractivity contribution in [3.63, 3.8) is 0 Å². The van der Waals surface area contributed by atoms with Crippen molar-refractivity contribution in [1.82, 2.24) is 0 Å². The number of hydrogen-bond acceptors (Lipinski definition) is 4. The highest BCUT2D eigenvalue weighted by atomic mass is 16.6. The van der Waals surface area contributed by atoms with E-state index in [-0.39, 0.29) is 13.2 Å². The van der Waals surface area contributed by atoms with Gasteiger partial charge in [-0.05, 0) is 6.42 Å². The number of epoxide rings is 1. The molecule has 1 rings (SSSR count). The minimum Gasteiger partial charge on any atom is -0.463 e. The fourth-order valence-electron chi connectivity index (χ4n) is 0.802. The third-order valence-electron chi connectivity index (χ3n) is 1.85. The van der Waals surface area contributed by atoms with Crippen LogP contribution in [0.4, 0.5) is 0 Å². The minimum atomic E-state index is -1.01. The molecule has 1 saturated heterocycles. The summed E-state index contributed by atoms with van der Waals surface area (Å²) in [5, 5.41) is 8.76. The van der Waals surface area contributed by atoms with Gasteiger partial charge in [0.05, 0.1) is 19.8 Å². The quantitative estimate of drug-likeness (QED) is 0.364. The molecule has 1 atom stereocenters. The normalized spacial score (nSPS) is 26.8. The Bertz CT molecular complexity index is 162. The number of aliphatic hydroxyl groups excluding tert-OH is 1. The Balaban J connectivity index is 2.20. The van der Waals surface area contributed by atoms with Crippen molar-refractivity contribution in [2.24, 2.45) is 0 Å². The zero-order chi connectivity index (χ0) is 9.03. The summed E-state index contributed by atoms with van der Waals surface area (Å²) in [7, 11) is 0. The Labute approximate surface area is 71.5 Å². The molecule has 0 amide bonds. The molecule has 0 aromatic heterocycles. The van der Waals surface area contributed by atoms with Gasteiger partial charge in [-0.15, -0.1) is 0 Å². The molecule has 0 aromatic carbocycles. The van der Waals surface area contributed by atoms with Gasteiger partial charge in [0.2, 0.25) is 5.60 Å². The summed E-state index contributed by atoms with van der Waals surface area (Å²) in [5.74, 6) is -0.432. The minimum absolute atomic E-state index is 0.280. The first-order valence-corrected chi connectivity index (χ1v) is 4.17. The second kappa shape index (κ2) is 3.87. The third-order valence-corrected chi connectivity index (χ3v) is 1.85. The van der Waals surface area contributed by atoms with Crippen LogP contribution >= 0.6 is 0 Å². The molecule has 4 heteroatoms. The van der Waals surface area contributed by atoms with Crippen LogP contribution in [0, 0.1) is 0 Å². The predicted molar refractivity (Wildman–Crippen MR) is 41.6 cm³/mol. The van der Waals surface area contributed by atoms with E-state index in [4.69, 9.17) is 14.6 Å². The molecule has 12 heavy (non-hydrogen) atoms. The Kier molecular flexibility index (Phi) is 3.05. The van der Waals surface area contributed by atoms with Crippen molar-refractivity contribution in [3.8, 4) is 0 Å². The highest BCUT2D eigenvalue weighted by Crippen LogP contribution is 2.27. The van der Waals surface area contributed by atoms with Gasteiger partial charge in [-0.1, -0.05) is 13.3 Å². The lowest BCUT2D eigenvalue weighted by molar-refractivity contribution is -0.151. The molecular weight excluding hydrogens is 160 g/mol. The van der Waals surface area contributed by atoms with Crippen molar-refractivity contribution in [2.45, 2.75) is 25.4 Å². The Morgan fingerprint density at radius 3 is 2.83 bits per heavy atom. The van der Waals surface area contributed by atoms with Gasteiger partial charge in [-0.25, -0.2) is 4.79 Å². The number of aliphatic hydroxyl groups is 1. The topological polar surface area (TPSA) is 59.1 Å². The molecule has 0 bridgehead atoms. The van der Waals surface area contributed by atoms with Crippen LogP contribution in [-0.2, 0) is 14.3 Å². The summed E-state index contributed by atoms with van der Waals surface area (Å²) >= 11 is 0. The van der Waals surface area contributed by atoms with E-state index < -0.39 is 11.6 Å². The molecule has 0 saturated carbocycles. The Morgan fingerprint density at radius 1 is 1.75 bits per heavy atom. The van der Waals surface area contributed by atoms with Crippen LogP contribution in [0.3, 0.4) is 0 Å². The fourth-order valence-corrected chi connectivity index (χ4v) is 0.802. The molecule has 1 N–H and O–H groups in total. The molecular formula is C8H14O4. The monoisotopic (exact) mass is 174 g/mol. The van der Waals surface area contributed by atoms with Crippen LogP contribution in [-0.4, -0.2) is 36.5 Å². The lowest BCUT2D eigenvalue weighted by Crippen LogP contribution is -2.31. The van der Waals surface area contributed by atoms with Crippen LogP contribution in [0.2, 0.25) is 0 Å². The van der Waals surface area contributed by atoms with Gasteiger partial charge in [0.1, 0.15) is 0 Å². The first-order valence-electron chi connectivity index (χ1n) is 4.17. The van der Waals surface area contributed by atoms with Gasteiger partial charge in [0.25, 0.3) is 0 Å². The van der Waals surface area contributed by atoms with Crippen molar-refractivity contribution < 1.29 is 19.4 Å². The van der Waals surface area contributed by atoms with Crippen molar-refractivity contribution >= 4 is 5.97 Å². The number of rotatable bonds is 5. The zero-order valence-electron chi connectivity index (χ0n) is 7.21. The van der Waals surface area contributed by atoms with E-state index in [0.717, 1.165) is 12.8 Å². The number of esters is 1. The van der Waals surface area contributed by atoms with Gasteiger partial charge in [-0.2, -0.15) is 0 Å². The molecule has 0 spiro atoms. The summed E-state index contributed by atoms with van der Waals surface area (Å²) in [4.78, 5) is 11.1. The van der Waals surface area contributed by atoms with Crippen molar-refractivity contribution in [1.29, 1.82) is 0 Å². The van der Waals surface area contributed by atoms with Gasteiger partial charge < -0.3 is 14.6 Å². The first kappa shape index (κ1) is 9.48. The third kappa shape index (κ3) is 1.95. The van der Waals surface area contributed by atoms with Gasteiger partial charge in [-0.3, -0.25) is 0 Å². The van der Waals surface area contributed by atoms with Crippen molar-refractivity contribution in [2.75, 3.05) is 19.8 Å². The standard InChI is InChI=1S/C8H14O4/c1-2-3-4-11-7(10)8(5-9)6-12-8/h9H,2-6H2,1H3/t8-/m1/s1. The van der Waals surface area contributed by atoms with E-state index >= 15 is 0 Å². The first-order chi connectivity index (χ1) is 5.75. The number of hydrogen-bond donors (Lipinski definition) is 1. The van der Waals surface area contributed by atoms with E-state index in [1.165, 1.54) is 0 Å². The maximum absolute atomic E-state index is 11.1. The highest BCUT2D eigenvalue weighted by Gasteiger charge is 2.53. The average molecular weight is 174 g/mol. The van der Waals surface area contributed by atoms with E-state index in [0.29, 0.717) is 6.61 Å². The number of unbranched alkanes of at least 4 members (excludes halogenated alkanes) is 1. The second-order valence-electron chi connectivity index (χ2n) is 2.93. The molecule has 1 fully saturated rings. The average Bonchev–Trinajstić information content (AvgIpc) is 2.85. The fraction of sp³-hybridized carbons (Fsp3) is 0.875. The molecule has 4 nitrogen and oxygen atoms in total. The number of ether oxygens (including phenoxy) is 2. The van der Waals surface area contributed by atoms with Crippen molar-refractivity contribution in [3.05, 3.63) is 0 Å². The van der Waals surface area contributed by atoms with Crippen LogP contribution in [0.15, 0.2) is 0 Å². The predicted octanol–water partition coefficient (Wildman–Crippen LogP) is 0.0910. The zero-order valence-corrected chi connectivity index (χ0v) is 7.21. The largest absolute Gasteiger partial charge is 0.463 e. The van der Waals surface area contributed by atoms with E-state index in [1.807, 2.05) is 6.92 Å². The van der Waals surface area contributed by atoms with Crippen LogP contribution < -0.4 is 0 Å². The molecule has 0 aliphatic carbocycles. The van der Waals surface area contributed by atoms with Crippen LogP contribution in [0.25, 0.3) is 0 Å². The van der Waals surface area contributed by atoms with Gasteiger partial charge in [0.15, 0.2) is 0 Å². The maximum atomic E-state index is 11.1. The molecule has 0 radical (unpaired) electrons. The van der Waals surface area contributed by atoms with E-state index in [1.54, 1.807) is 0 Å². The van der Waals surface area contributed by atoms with E-state index in [2.05, 4.69) is 0 Å². The van der Waals surface area contributed by atoms with Gasteiger partial charge in [0, 0.05) is 0 Å². The second-order valence-corrected chi connectivity index (χ2v) is 2.93. The lowest BCUT2D eigenvalue weighted by atomic mass is 10.2. The van der Waals surface area contributed by atoms with Crippen LogP contribution in [0.1, 0.15) is 19.8 Å². The summed E-state index contributed by atoms with van der Waals surface area (Å²) in [5.41, 5.74) is -1.01. The molecule has 1 aliphatic rings. The molecule has 0 aromatic rings. The summed E-state index contributed by atoms with van der Waals surface area (Å²) in [6, 6.07) is 0. The molecule has 1 aliphatic heterocycles. The Hall–Kier alpha value is -0.610. The maximum Gasteiger partial charge on any atom is 0.343 e. The lowest BCUT2D eigenvalue weighted by Gasteiger charge is -2.07. The number of carbonyl (C=O) groups excluding carboxylic acids is 1. The van der Waals surface area contributed by atoms with Gasteiger partial charge >= 0.3 is 5.97 Å². The molecule has 1 heterocycles. The van der Waals surface area contributed by atoms with E-state index in [9.17, 15) is 4.79 Å². The number of carbonyl (C=O) groups is 1. The summed E-state index contributed by atoms with van der Waals surface area (Å²) < 4.78 is 9.69. The molecule has 0 unspecified atom stereocenters. The Morgan fingerprint density at radius 2 is 2.42 bits per heavy atom. The summed E-state index contributed by atoms with van der Waals surface area (Å²) in [6.45, 7) is 2.44. The molecule has 70 valence electrons. The summed E-state index contributed by atoms with van der Waals surface area (Å²) in [6.07, 6.45) is 1.84. The SMILES string of the molecule is CCCCOC(=O)[C@@]1(CO)CO1. The smallest absolute Gasteiger partial charge is 0.343 e. The highest BCUT2D eigenvalue weighted by molar-refractivity contribution is 5.82.